The number of aliphatic carboxylic acids is 1. The first-order valence-electron chi connectivity index (χ1n) is 11.4. The zero-order valence-corrected chi connectivity index (χ0v) is 21.0. The second-order valence-electron chi connectivity index (χ2n) is 8.15. The molecule has 0 aliphatic carbocycles. The van der Waals surface area contributed by atoms with Crippen LogP contribution in [0.4, 0.5) is 0 Å². The van der Waals surface area contributed by atoms with Gasteiger partial charge in [-0.3, -0.25) is 19.2 Å². The van der Waals surface area contributed by atoms with E-state index in [0.717, 1.165) is 0 Å². The Bertz CT molecular complexity index is 869. The number of thioether (sulfide) groups is 1. The summed E-state index contributed by atoms with van der Waals surface area (Å²) in [7, 11) is 0. The molecule has 0 aliphatic rings. The second kappa shape index (κ2) is 16.5. The number of aromatic nitrogens is 2. The Hall–Kier alpha value is -3.17. The first-order chi connectivity index (χ1) is 17.1. The van der Waals surface area contributed by atoms with Crippen molar-refractivity contribution in [3.05, 3.63) is 18.2 Å². The van der Waals surface area contributed by atoms with Crippen molar-refractivity contribution in [2.75, 3.05) is 18.6 Å². The van der Waals surface area contributed by atoms with Gasteiger partial charge < -0.3 is 43.2 Å². The van der Waals surface area contributed by atoms with Crippen molar-refractivity contribution >= 4 is 41.4 Å². The third-order valence-electron chi connectivity index (χ3n) is 5.17. The van der Waals surface area contributed by atoms with Crippen LogP contribution < -0.4 is 33.2 Å². The molecule has 4 amide bonds. The largest absolute Gasteiger partial charge is 0.480 e. The Morgan fingerprint density at radius 1 is 1.03 bits per heavy atom. The van der Waals surface area contributed by atoms with Gasteiger partial charge in [0.2, 0.25) is 23.6 Å². The highest BCUT2D eigenvalue weighted by molar-refractivity contribution is 7.98. The summed E-state index contributed by atoms with van der Waals surface area (Å²) >= 11 is 1.42. The lowest BCUT2D eigenvalue weighted by molar-refractivity contribution is -0.143. The van der Waals surface area contributed by atoms with Crippen molar-refractivity contribution in [2.45, 2.75) is 62.7 Å². The highest BCUT2D eigenvalue weighted by atomic mass is 32.2. The quantitative estimate of drug-likeness (QED) is 0.0936. The zero-order valence-electron chi connectivity index (χ0n) is 20.2. The highest BCUT2D eigenvalue weighted by Crippen LogP contribution is 2.07. The number of H-pyrrole nitrogens is 1. The van der Waals surface area contributed by atoms with Crippen LogP contribution >= 0.6 is 11.8 Å². The van der Waals surface area contributed by atoms with Crippen LogP contribution in [-0.2, 0) is 30.4 Å². The molecule has 14 nitrogen and oxygen atoms in total. The van der Waals surface area contributed by atoms with E-state index in [1.54, 1.807) is 6.26 Å². The van der Waals surface area contributed by atoms with Crippen LogP contribution in [0, 0.1) is 0 Å². The monoisotopic (exact) mass is 528 g/mol. The molecule has 15 heteroatoms. The number of carboxylic acids is 1. The van der Waals surface area contributed by atoms with Crippen molar-refractivity contribution in [2.24, 2.45) is 17.2 Å². The van der Waals surface area contributed by atoms with Crippen molar-refractivity contribution in [3.8, 4) is 0 Å². The molecule has 0 fully saturated rings. The van der Waals surface area contributed by atoms with Crippen molar-refractivity contribution in [1.29, 1.82) is 0 Å². The average Bonchev–Trinajstić information content (AvgIpc) is 3.33. The van der Waals surface area contributed by atoms with E-state index in [1.165, 1.54) is 24.3 Å². The van der Waals surface area contributed by atoms with E-state index in [1.807, 2.05) is 0 Å². The molecule has 11 N–H and O–H groups in total. The molecule has 0 aromatic carbocycles. The third kappa shape index (κ3) is 11.5. The number of aromatic amines is 1. The molecule has 0 bridgehead atoms. The summed E-state index contributed by atoms with van der Waals surface area (Å²) in [4.78, 5) is 67.8. The molecule has 202 valence electrons. The van der Waals surface area contributed by atoms with Gasteiger partial charge in [0.05, 0.1) is 18.8 Å². The number of hydrogen-bond acceptors (Lipinski definition) is 9. The van der Waals surface area contributed by atoms with Crippen LogP contribution in [-0.4, -0.2) is 87.4 Å². The lowest BCUT2D eigenvalue weighted by atomic mass is 10.1. The number of imidazole rings is 1. The summed E-state index contributed by atoms with van der Waals surface area (Å²) in [6.45, 7) is 0.400. The summed E-state index contributed by atoms with van der Waals surface area (Å²) in [5.41, 5.74) is 17.2. The van der Waals surface area contributed by atoms with Crippen LogP contribution in [0.25, 0.3) is 0 Å². The fourth-order valence-electron chi connectivity index (χ4n) is 3.22. The van der Waals surface area contributed by atoms with Gasteiger partial charge in [0, 0.05) is 18.3 Å². The maximum absolute atomic E-state index is 13.1. The average molecular weight is 529 g/mol. The molecule has 0 spiro atoms. The van der Waals surface area contributed by atoms with Crippen LogP contribution in [0.15, 0.2) is 12.5 Å². The Morgan fingerprint density at radius 3 is 2.17 bits per heavy atom. The molecule has 1 heterocycles. The molecular weight excluding hydrogens is 492 g/mol. The Balaban J connectivity index is 2.93. The minimum absolute atomic E-state index is 0.179. The maximum Gasteiger partial charge on any atom is 0.326 e. The van der Waals surface area contributed by atoms with E-state index >= 15 is 0 Å². The fraction of sp³-hybridized carbons (Fsp3) is 0.619. The van der Waals surface area contributed by atoms with E-state index in [-0.39, 0.29) is 19.3 Å². The van der Waals surface area contributed by atoms with Gasteiger partial charge in [0.15, 0.2) is 0 Å². The molecule has 0 radical (unpaired) electrons. The number of carbonyl (C=O) groups excluding carboxylic acids is 4. The lowest BCUT2D eigenvalue weighted by Gasteiger charge is -2.25. The maximum atomic E-state index is 13.1. The van der Waals surface area contributed by atoms with Gasteiger partial charge in [-0.2, -0.15) is 11.8 Å². The van der Waals surface area contributed by atoms with Gasteiger partial charge in [0.25, 0.3) is 0 Å². The Labute approximate surface area is 213 Å². The summed E-state index contributed by atoms with van der Waals surface area (Å²) in [6.07, 6.45) is 5.97. The highest BCUT2D eigenvalue weighted by Gasteiger charge is 2.30. The second-order valence-corrected chi connectivity index (χ2v) is 9.13. The van der Waals surface area contributed by atoms with E-state index in [9.17, 15) is 29.1 Å². The molecule has 1 rings (SSSR count). The normalized spacial score (nSPS) is 14.2. The SMILES string of the molecule is CSCCC(NC(=O)C(CCCCN)NC(=O)C(N)Cc1cnc[nH]1)C(=O)NC(CC(N)=O)C(=O)O. The topological polar surface area (TPSA) is 248 Å². The number of carbonyl (C=O) groups is 5. The van der Waals surface area contributed by atoms with Crippen LogP contribution in [0.3, 0.4) is 0 Å². The molecule has 1 aromatic rings. The standard InChI is InChI=1S/C21H36N8O6S/c1-36-7-5-15(20(33)29-16(21(34)35)9-17(24)30)28-19(32)14(4-2-3-6-22)27-18(31)13(23)8-12-10-25-11-26-12/h10-11,13-16H,2-9,22-23H2,1H3,(H2,24,30)(H,25,26)(H,27,31)(H,28,32)(H,29,33)(H,34,35). The van der Waals surface area contributed by atoms with Crippen molar-refractivity contribution in [3.63, 3.8) is 0 Å². The number of hydrogen-bond donors (Lipinski definition) is 8. The van der Waals surface area contributed by atoms with Gasteiger partial charge in [0.1, 0.15) is 18.1 Å². The molecule has 4 unspecified atom stereocenters. The summed E-state index contributed by atoms with van der Waals surface area (Å²) in [5.74, 6) is -3.83. The predicted octanol–water partition coefficient (Wildman–Crippen LogP) is -2.42. The summed E-state index contributed by atoms with van der Waals surface area (Å²) in [6, 6.07) is -4.59. The predicted molar refractivity (Wildman–Crippen MR) is 133 cm³/mol. The van der Waals surface area contributed by atoms with Crippen LogP contribution in [0.5, 0.6) is 0 Å². The molecule has 0 saturated heterocycles. The smallest absolute Gasteiger partial charge is 0.326 e. The third-order valence-corrected chi connectivity index (χ3v) is 5.82. The summed E-state index contributed by atoms with van der Waals surface area (Å²) in [5, 5.41) is 16.7. The van der Waals surface area contributed by atoms with Gasteiger partial charge in [-0.25, -0.2) is 9.78 Å². The zero-order chi connectivity index (χ0) is 27.1. The van der Waals surface area contributed by atoms with Crippen molar-refractivity contribution < 1.29 is 29.1 Å². The minimum Gasteiger partial charge on any atom is -0.480 e. The van der Waals surface area contributed by atoms with Crippen LogP contribution in [0.1, 0.15) is 37.8 Å². The van der Waals surface area contributed by atoms with Crippen molar-refractivity contribution in [1.82, 2.24) is 25.9 Å². The Morgan fingerprint density at radius 2 is 1.64 bits per heavy atom. The minimum atomic E-state index is -1.54. The molecule has 0 saturated carbocycles. The molecule has 4 atom stereocenters. The molecular formula is C21H36N8O6S. The van der Waals surface area contributed by atoms with E-state index in [4.69, 9.17) is 17.2 Å². The van der Waals surface area contributed by atoms with Gasteiger partial charge >= 0.3 is 5.97 Å². The first kappa shape index (κ1) is 30.9. The number of rotatable bonds is 18. The fourth-order valence-corrected chi connectivity index (χ4v) is 3.69. The Kier molecular flexibility index (Phi) is 14.1. The number of unbranched alkanes of at least 4 members (excludes halogenated alkanes) is 1. The van der Waals surface area contributed by atoms with E-state index in [0.29, 0.717) is 30.8 Å². The van der Waals surface area contributed by atoms with Crippen LogP contribution in [0.2, 0.25) is 0 Å². The number of carboxylic acid groups (broad SMARTS) is 1. The number of primary amides is 1. The number of nitrogens with one attached hydrogen (secondary N) is 4. The van der Waals surface area contributed by atoms with Gasteiger partial charge in [-0.05, 0) is 44.2 Å². The number of nitrogens with two attached hydrogens (primary N) is 3. The molecule has 0 aliphatic heterocycles. The summed E-state index contributed by atoms with van der Waals surface area (Å²) < 4.78 is 0. The molecule has 36 heavy (non-hydrogen) atoms. The van der Waals surface area contributed by atoms with Gasteiger partial charge in [-0.1, -0.05) is 0 Å². The lowest BCUT2D eigenvalue weighted by Crippen LogP contribution is -2.57. The van der Waals surface area contributed by atoms with E-state index in [2.05, 4.69) is 25.9 Å². The number of amides is 4. The van der Waals surface area contributed by atoms with E-state index < -0.39 is 60.2 Å². The number of nitrogens with zero attached hydrogens (tertiary/aromatic N) is 1. The molecule has 1 aromatic heterocycles. The first-order valence-corrected chi connectivity index (χ1v) is 12.8. The van der Waals surface area contributed by atoms with Gasteiger partial charge in [-0.15, -0.1) is 0 Å².